The summed E-state index contributed by atoms with van der Waals surface area (Å²) in [7, 11) is -0.260. The quantitative estimate of drug-likeness (QED) is 0.530. The van der Waals surface area contributed by atoms with E-state index in [0.29, 0.717) is 6.61 Å². The van der Waals surface area contributed by atoms with E-state index in [2.05, 4.69) is 17.7 Å². The molecule has 1 aromatic carbocycles. The third-order valence-corrected chi connectivity index (χ3v) is 1.36. The second-order valence-electron chi connectivity index (χ2n) is 1.83. The summed E-state index contributed by atoms with van der Waals surface area (Å²) in [6, 6.07) is 9.61. The summed E-state index contributed by atoms with van der Waals surface area (Å²) in [5.41, 5.74) is 1.03. The van der Waals surface area contributed by atoms with E-state index < -0.39 is 0 Å². The van der Waals surface area contributed by atoms with Crippen molar-refractivity contribution in [3.8, 4) is 0 Å². The average molecular weight is 182 g/mol. The maximum Gasteiger partial charge on any atom is 0.327 e. The molecule has 0 radical (unpaired) electrons. The van der Waals surface area contributed by atoms with Crippen molar-refractivity contribution in [3.63, 3.8) is 0 Å². The molecule has 0 spiro atoms. The van der Waals surface area contributed by atoms with Crippen LogP contribution in [0.25, 0.3) is 0 Å². The van der Waals surface area contributed by atoms with E-state index in [-0.39, 0.29) is 8.69 Å². The van der Waals surface area contributed by atoms with Crippen LogP contribution in [0.2, 0.25) is 0 Å². The molecule has 0 aromatic heterocycles. The fraction of sp³-hybridized carbons (Fsp3) is 0.111. The molecule has 1 aromatic rings. The minimum Gasteiger partial charge on any atom is -0.290 e. The summed E-state index contributed by atoms with van der Waals surface area (Å²) in [6.07, 6.45) is 0. The van der Waals surface area contributed by atoms with Crippen molar-refractivity contribution >= 4 is 8.69 Å². The van der Waals surface area contributed by atoms with Gasteiger partial charge in [0.15, 0.2) is 0 Å². The lowest BCUT2D eigenvalue weighted by molar-refractivity contribution is 0.332. The van der Waals surface area contributed by atoms with E-state index in [4.69, 9.17) is 0 Å². The molecular formula is C9H11O2P. The van der Waals surface area contributed by atoms with Crippen molar-refractivity contribution in [2.24, 2.45) is 0 Å². The Labute approximate surface area is 74.2 Å². The first-order valence-corrected chi connectivity index (χ1v) is 4.15. The topological polar surface area (TPSA) is 26.3 Å². The standard InChI is InChI=1S/C7H7O2P.C2H4/c8-10-9-6-7-4-2-1-3-5-7;1-2/h1-5H,6H2;1-2H2. The smallest absolute Gasteiger partial charge is 0.290 e. The zero-order valence-electron chi connectivity index (χ0n) is 6.77. The molecule has 3 heteroatoms. The summed E-state index contributed by atoms with van der Waals surface area (Å²) >= 11 is 0. The van der Waals surface area contributed by atoms with Gasteiger partial charge >= 0.3 is 8.69 Å². The Morgan fingerprint density at radius 3 is 2.33 bits per heavy atom. The van der Waals surface area contributed by atoms with Crippen LogP contribution in [0.15, 0.2) is 43.5 Å². The molecule has 0 heterocycles. The van der Waals surface area contributed by atoms with Gasteiger partial charge in [0, 0.05) is 0 Å². The molecule has 0 unspecified atom stereocenters. The predicted octanol–water partition coefficient (Wildman–Crippen LogP) is 3.21. The summed E-state index contributed by atoms with van der Waals surface area (Å²) in [6.45, 7) is 6.41. The summed E-state index contributed by atoms with van der Waals surface area (Å²) in [5.74, 6) is 0. The molecule has 0 aliphatic carbocycles. The molecule has 0 N–H and O–H groups in total. The molecule has 0 saturated carbocycles. The normalized spacial score (nSPS) is 8.67. The minimum atomic E-state index is -0.260. The van der Waals surface area contributed by atoms with Crippen LogP contribution in [-0.2, 0) is 15.7 Å². The van der Waals surface area contributed by atoms with Crippen LogP contribution >= 0.6 is 8.69 Å². The Morgan fingerprint density at radius 2 is 1.83 bits per heavy atom. The van der Waals surface area contributed by atoms with Crippen LogP contribution in [-0.4, -0.2) is 0 Å². The van der Waals surface area contributed by atoms with E-state index in [1.165, 1.54) is 0 Å². The summed E-state index contributed by atoms with van der Waals surface area (Å²) in [4.78, 5) is 0. The first kappa shape index (κ1) is 11.0. The highest BCUT2D eigenvalue weighted by molar-refractivity contribution is 7.17. The van der Waals surface area contributed by atoms with Crippen LogP contribution in [0, 0.1) is 0 Å². The van der Waals surface area contributed by atoms with Crippen molar-refractivity contribution in [3.05, 3.63) is 49.1 Å². The Kier molecular flexibility index (Phi) is 7.46. The van der Waals surface area contributed by atoms with E-state index in [9.17, 15) is 4.57 Å². The molecule has 0 fully saturated rings. The SMILES string of the molecule is C=C.O=POCc1ccccc1. The summed E-state index contributed by atoms with van der Waals surface area (Å²) in [5, 5.41) is 0. The molecule has 0 aliphatic heterocycles. The molecule has 64 valence electrons. The van der Waals surface area contributed by atoms with Crippen molar-refractivity contribution in [2.75, 3.05) is 0 Å². The lowest BCUT2D eigenvalue weighted by Crippen LogP contribution is -1.80. The van der Waals surface area contributed by atoms with E-state index in [1.54, 1.807) is 0 Å². The Bertz CT molecular complexity index is 211. The first-order valence-electron chi connectivity index (χ1n) is 3.42. The van der Waals surface area contributed by atoms with Crippen molar-refractivity contribution < 1.29 is 9.09 Å². The second kappa shape index (κ2) is 8.12. The fourth-order valence-electron chi connectivity index (χ4n) is 0.675. The van der Waals surface area contributed by atoms with Crippen molar-refractivity contribution in [1.29, 1.82) is 0 Å². The van der Waals surface area contributed by atoms with Gasteiger partial charge in [0.1, 0.15) is 0 Å². The second-order valence-corrected chi connectivity index (χ2v) is 2.24. The average Bonchev–Trinajstić information content (AvgIpc) is 2.19. The monoisotopic (exact) mass is 182 g/mol. The highest BCUT2D eigenvalue weighted by atomic mass is 31.1. The van der Waals surface area contributed by atoms with Gasteiger partial charge in [-0.1, -0.05) is 30.3 Å². The molecule has 0 aliphatic rings. The number of rotatable bonds is 3. The van der Waals surface area contributed by atoms with E-state index >= 15 is 0 Å². The van der Waals surface area contributed by atoms with Gasteiger partial charge in [-0.15, -0.1) is 13.2 Å². The molecular weight excluding hydrogens is 171 g/mol. The fourth-order valence-corrected chi connectivity index (χ4v) is 0.877. The maximum absolute atomic E-state index is 9.85. The third kappa shape index (κ3) is 4.78. The van der Waals surface area contributed by atoms with Crippen molar-refractivity contribution in [1.82, 2.24) is 0 Å². The van der Waals surface area contributed by atoms with Gasteiger partial charge in [-0.05, 0) is 5.56 Å². The molecule has 0 saturated heterocycles. The number of hydrogen-bond acceptors (Lipinski definition) is 2. The molecule has 2 nitrogen and oxygen atoms in total. The Balaban J connectivity index is 0.000000561. The zero-order valence-corrected chi connectivity index (χ0v) is 7.67. The first-order chi connectivity index (χ1) is 5.93. The number of benzene rings is 1. The highest BCUT2D eigenvalue weighted by Gasteiger charge is 1.88. The molecule has 12 heavy (non-hydrogen) atoms. The van der Waals surface area contributed by atoms with Gasteiger partial charge in [0.05, 0.1) is 6.61 Å². The van der Waals surface area contributed by atoms with Crippen LogP contribution in [0.1, 0.15) is 5.56 Å². The predicted molar refractivity (Wildman–Crippen MR) is 50.1 cm³/mol. The van der Waals surface area contributed by atoms with Gasteiger partial charge in [-0.2, -0.15) is 0 Å². The Morgan fingerprint density at radius 1 is 1.25 bits per heavy atom. The third-order valence-electron chi connectivity index (χ3n) is 1.13. The van der Waals surface area contributed by atoms with Gasteiger partial charge < -0.3 is 0 Å². The van der Waals surface area contributed by atoms with Crippen LogP contribution in [0.5, 0.6) is 0 Å². The summed E-state index contributed by atoms with van der Waals surface area (Å²) < 4.78 is 14.5. The molecule has 0 atom stereocenters. The van der Waals surface area contributed by atoms with Crippen LogP contribution in [0.4, 0.5) is 0 Å². The lowest BCUT2D eigenvalue weighted by Gasteiger charge is -1.93. The van der Waals surface area contributed by atoms with Gasteiger partial charge in [-0.25, -0.2) is 4.57 Å². The highest BCUT2D eigenvalue weighted by Crippen LogP contribution is 2.04. The minimum absolute atomic E-state index is 0.260. The Hall–Kier alpha value is -0.980. The zero-order chi connectivity index (χ0) is 9.23. The largest absolute Gasteiger partial charge is 0.327 e. The van der Waals surface area contributed by atoms with Crippen molar-refractivity contribution in [2.45, 2.75) is 6.61 Å². The number of hydrogen-bond donors (Lipinski definition) is 0. The van der Waals surface area contributed by atoms with Gasteiger partial charge in [0.2, 0.25) is 0 Å². The van der Waals surface area contributed by atoms with Gasteiger partial charge in [0.25, 0.3) is 0 Å². The van der Waals surface area contributed by atoms with Crippen LogP contribution in [0.3, 0.4) is 0 Å². The lowest BCUT2D eigenvalue weighted by atomic mass is 10.2. The van der Waals surface area contributed by atoms with Crippen LogP contribution < -0.4 is 0 Å². The van der Waals surface area contributed by atoms with E-state index in [0.717, 1.165) is 5.56 Å². The van der Waals surface area contributed by atoms with E-state index in [1.807, 2.05) is 30.3 Å². The maximum atomic E-state index is 9.85. The molecule has 1 rings (SSSR count). The molecule has 0 bridgehead atoms. The molecule has 0 amide bonds. The van der Waals surface area contributed by atoms with Gasteiger partial charge in [-0.3, -0.25) is 4.52 Å².